The summed E-state index contributed by atoms with van der Waals surface area (Å²) < 4.78 is 0. The van der Waals surface area contributed by atoms with Crippen LogP contribution in [0.3, 0.4) is 0 Å². The van der Waals surface area contributed by atoms with Crippen LogP contribution < -0.4 is 4.90 Å². The van der Waals surface area contributed by atoms with Gasteiger partial charge >= 0.3 is 0 Å². The van der Waals surface area contributed by atoms with E-state index in [1.165, 1.54) is 31.0 Å². The Kier molecular flexibility index (Phi) is 8.76. The maximum atomic E-state index is 12.9. The van der Waals surface area contributed by atoms with Crippen molar-refractivity contribution >= 4 is 28.3 Å². The molecule has 26 heavy (non-hydrogen) atoms. The Morgan fingerprint density at radius 1 is 0.962 bits per heavy atom. The van der Waals surface area contributed by atoms with Gasteiger partial charge in [-0.1, -0.05) is 81.3 Å². The molecule has 2 nitrogen and oxygen atoms in total. The smallest absolute Gasteiger partial charge is 0.211 e. The molecule has 0 aromatic heterocycles. The number of hydrogen-bond acceptors (Lipinski definition) is 3. The molecule has 0 spiro atoms. The summed E-state index contributed by atoms with van der Waals surface area (Å²) in [5.41, 5.74) is 2.11. The van der Waals surface area contributed by atoms with Crippen LogP contribution in [-0.2, 0) is 4.79 Å². The Morgan fingerprint density at radius 2 is 1.50 bits per heavy atom. The van der Waals surface area contributed by atoms with Crippen LogP contribution in [0.5, 0.6) is 0 Å². The lowest BCUT2D eigenvalue weighted by Crippen LogP contribution is -2.34. The molecule has 2 aromatic rings. The number of carbonyl (C=O) groups is 1. The summed E-state index contributed by atoms with van der Waals surface area (Å²) in [4.78, 5) is 15.1. The molecule has 0 bridgehead atoms. The molecule has 140 valence electrons. The first-order chi connectivity index (χ1) is 12.7. The third-order valence-corrected chi connectivity index (χ3v) is 6.07. The minimum absolute atomic E-state index is 0.200. The first-order valence-electron chi connectivity index (χ1n) is 9.73. The topological polar surface area (TPSA) is 20.3 Å². The summed E-state index contributed by atoms with van der Waals surface area (Å²) in [6.45, 7) is 6.47. The minimum Gasteiger partial charge on any atom is -0.330 e. The van der Waals surface area contributed by atoms with Crippen molar-refractivity contribution in [2.75, 3.05) is 10.7 Å². The van der Waals surface area contributed by atoms with Gasteiger partial charge in [-0.3, -0.25) is 4.79 Å². The van der Waals surface area contributed by atoms with Gasteiger partial charge in [-0.15, -0.1) is 0 Å². The summed E-state index contributed by atoms with van der Waals surface area (Å²) in [6, 6.07) is 20.2. The summed E-state index contributed by atoms with van der Waals surface area (Å²) in [5.74, 6) is 1.56. The number of rotatable bonds is 10. The Balaban J connectivity index is 2.11. The highest BCUT2D eigenvalue weighted by Crippen LogP contribution is 2.30. The van der Waals surface area contributed by atoms with Gasteiger partial charge in [0.25, 0.3) is 0 Å². The van der Waals surface area contributed by atoms with Crippen LogP contribution in [-0.4, -0.2) is 16.9 Å². The third-order valence-electron chi connectivity index (χ3n) is 4.80. The predicted molar refractivity (Wildman–Crippen MR) is 115 cm³/mol. The van der Waals surface area contributed by atoms with Crippen molar-refractivity contribution < 1.29 is 4.79 Å². The first-order valence-corrected chi connectivity index (χ1v) is 10.7. The SMILES string of the molecule is CCCCC(CC)CSC(=O)C(C)N(c1ccccc1)c1ccccc1. The average molecular weight is 370 g/mol. The Morgan fingerprint density at radius 3 is 1.96 bits per heavy atom. The highest BCUT2D eigenvalue weighted by Gasteiger charge is 2.24. The number of nitrogens with zero attached hydrogens (tertiary/aromatic N) is 1. The van der Waals surface area contributed by atoms with Crippen LogP contribution in [0.4, 0.5) is 11.4 Å². The quantitative estimate of drug-likeness (QED) is 0.465. The van der Waals surface area contributed by atoms with E-state index in [4.69, 9.17) is 0 Å². The van der Waals surface area contributed by atoms with E-state index in [9.17, 15) is 4.79 Å². The average Bonchev–Trinajstić information content (AvgIpc) is 2.69. The van der Waals surface area contributed by atoms with Crippen LogP contribution >= 0.6 is 11.8 Å². The molecule has 0 heterocycles. The first kappa shape index (κ1) is 20.6. The zero-order chi connectivity index (χ0) is 18.8. The molecule has 3 heteroatoms. The van der Waals surface area contributed by atoms with Crippen molar-refractivity contribution in [3.05, 3.63) is 60.7 Å². The molecule has 2 aromatic carbocycles. The second kappa shape index (κ2) is 11.1. The minimum atomic E-state index is -0.200. The second-order valence-corrected chi connectivity index (χ2v) is 7.79. The van der Waals surface area contributed by atoms with E-state index in [1.807, 2.05) is 43.3 Å². The lowest BCUT2D eigenvalue weighted by Gasteiger charge is -2.30. The molecule has 0 radical (unpaired) electrons. The summed E-state index contributed by atoms with van der Waals surface area (Å²) >= 11 is 1.50. The number of thioether (sulfide) groups is 1. The van der Waals surface area contributed by atoms with Crippen molar-refractivity contribution in [3.63, 3.8) is 0 Å². The van der Waals surface area contributed by atoms with E-state index in [-0.39, 0.29) is 11.2 Å². The van der Waals surface area contributed by atoms with Crippen LogP contribution in [0.15, 0.2) is 60.7 Å². The molecule has 0 saturated carbocycles. The Hall–Kier alpha value is -1.74. The highest BCUT2D eigenvalue weighted by molar-refractivity contribution is 8.13. The van der Waals surface area contributed by atoms with E-state index >= 15 is 0 Å². The van der Waals surface area contributed by atoms with Gasteiger partial charge in [0.2, 0.25) is 5.12 Å². The van der Waals surface area contributed by atoms with Crippen LogP contribution in [0.25, 0.3) is 0 Å². The molecular formula is C23H31NOS. The monoisotopic (exact) mass is 369 g/mol. The van der Waals surface area contributed by atoms with Crippen LogP contribution in [0.2, 0.25) is 0 Å². The van der Waals surface area contributed by atoms with Crippen LogP contribution in [0, 0.1) is 5.92 Å². The summed E-state index contributed by atoms with van der Waals surface area (Å²) in [7, 11) is 0. The number of para-hydroxylation sites is 2. The maximum Gasteiger partial charge on any atom is 0.211 e. The normalized spacial score (nSPS) is 13.2. The third kappa shape index (κ3) is 5.91. The molecule has 2 rings (SSSR count). The number of benzene rings is 2. The second-order valence-electron chi connectivity index (χ2n) is 6.76. The molecular weight excluding hydrogens is 338 g/mol. The molecule has 0 amide bonds. The van der Waals surface area contributed by atoms with E-state index in [2.05, 4.69) is 43.0 Å². The van der Waals surface area contributed by atoms with Crippen molar-refractivity contribution in [2.45, 2.75) is 52.5 Å². The Labute approximate surface area is 163 Å². The van der Waals surface area contributed by atoms with Gasteiger partial charge < -0.3 is 4.90 Å². The summed E-state index contributed by atoms with van der Waals surface area (Å²) in [6.07, 6.45) is 4.85. The van der Waals surface area contributed by atoms with Gasteiger partial charge in [-0.2, -0.15) is 0 Å². The van der Waals surface area contributed by atoms with E-state index in [1.54, 1.807) is 0 Å². The molecule has 0 saturated heterocycles. The number of hydrogen-bond donors (Lipinski definition) is 0. The molecule has 2 unspecified atom stereocenters. The van der Waals surface area contributed by atoms with Crippen LogP contribution in [0.1, 0.15) is 46.5 Å². The van der Waals surface area contributed by atoms with Gasteiger partial charge in [-0.25, -0.2) is 0 Å². The molecule has 0 aliphatic carbocycles. The van der Waals surface area contributed by atoms with Crippen molar-refractivity contribution in [2.24, 2.45) is 5.92 Å². The maximum absolute atomic E-state index is 12.9. The molecule has 0 aliphatic heterocycles. The van der Waals surface area contributed by atoms with E-state index in [0.29, 0.717) is 5.92 Å². The molecule has 0 N–H and O–H groups in total. The fraction of sp³-hybridized carbons (Fsp3) is 0.435. The van der Waals surface area contributed by atoms with Gasteiger partial charge in [0.05, 0.1) is 0 Å². The molecule has 2 atom stereocenters. The summed E-state index contributed by atoms with van der Waals surface area (Å²) in [5, 5.41) is 0.243. The number of unbranched alkanes of at least 4 members (excludes halogenated alkanes) is 1. The van der Waals surface area contributed by atoms with Crippen molar-refractivity contribution in [1.82, 2.24) is 0 Å². The largest absolute Gasteiger partial charge is 0.330 e. The number of carbonyl (C=O) groups excluding carboxylic acids is 1. The van der Waals surface area contributed by atoms with Gasteiger partial charge in [0, 0.05) is 17.1 Å². The van der Waals surface area contributed by atoms with Gasteiger partial charge in [0.1, 0.15) is 6.04 Å². The zero-order valence-electron chi connectivity index (χ0n) is 16.2. The van der Waals surface area contributed by atoms with E-state index < -0.39 is 0 Å². The van der Waals surface area contributed by atoms with Gasteiger partial charge in [-0.05, 0) is 43.5 Å². The Bertz CT molecular complexity index is 604. The molecule has 0 aliphatic rings. The predicted octanol–water partition coefficient (Wildman–Crippen LogP) is 6.69. The fourth-order valence-electron chi connectivity index (χ4n) is 3.10. The highest BCUT2D eigenvalue weighted by atomic mass is 32.2. The lowest BCUT2D eigenvalue weighted by atomic mass is 10.0. The molecule has 0 fully saturated rings. The van der Waals surface area contributed by atoms with E-state index in [0.717, 1.165) is 23.5 Å². The lowest BCUT2D eigenvalue weighted by molar-refractivity contribution is -0.111. The van der Waals surface area contributed by atoms with Crippen molar-refractivity contribution in [1.29, 1.82) is 0 Å². The number of anilines is 2. The van der Waals surface area contributed by atoms with Crippen molar-refractivity contribution in [3.8, 4) is 0 Å². The zero-order valence-corrected chi connectivity index (χ0v) is 17.0. The van der Waals surface area contributed by atoms with Gasteiger partial charge in [0.15, 0.2) is 0 Å². The standard InChI is InChI=1S/C23H31NOS/c1-4-6-13-20(5-2)18-26-23(25)19(3)24(21-14-9-7-10-15-21)22-16-11-8-12-17-22/h7-12,14-17,19-20H,4-6,13,18H2,1-3H3. The fourth-order valence-corrected chi connectivity index (χ4v) is 4.25.